The molecular formula is C11H25N7O. The van der Waals surface area contributed by atoms with Gasteiger partial charge in [-0.1, -0.05) is 0 Å². The number of primary amides is 1. The van der Waals surface area contributed by atoms with Crippen molar-refractivity contribution in [2.45, 2.75) is 33.2 Å². The van der Waals surface area contributed by atoms with Crippen LogP contribution >= 0.6 is 0 Å². The van der Waals surface area contributed by atoms with Crippen LogP contribution in [0.1, 0.15) is 27.7 Å². The predicted molar refractivity (Wildman–Crippen MR) is 75.2 cm³/mol. The summed E-state index contributed by atoms with van der Waals surface area (Å²) in [6.07, 6.45) is 0. The molecule has 8 heteroatoms. The zero-order valence-electron chi connectivity index (χ0n) is 11.9. The number of nitrogens with two attached hydrogens (primary N) is 6. The number of amides is 1. The maximum atomic E-state index is 11.1. The van der Waals surface area contributed by atoms with Crippen LogP contribution in [0.4, 0.5) is 0 Å². The van der Waals surface area contributed by atoms with Crippen molar-refractivity contribution in [2.24, 2.45) is 39.9 Å². The average molecular weight is 271 g/mol. The molecule has 19 heavy (non-hydrogen) atoms. The largest absolute Gasteiger partial charge is 0.400 e. The number of carbonyl (C=O) groups is 1. The molecule has 0 unspecified atom stereocenters. The summed E-state index contributed by atoms with van der Waals surface area (Å²) in [6.45, 7) is 6.88. The number of carbonyl (C=O) groups excluding carboxylic acids is 1. The van der Waals surface area contributed by atoms with E-state index in [0.717, 1.165) is 0 Å². The van der Waals surface area contributed by atoms with Crippen LogP contribution in [0.25, 0.3) is 0 Å². The van der Waals surface area contributed by atoms with E-state index in [9.17, 15) is 4.79 Å². The Hall–Kier alpha value is -1.93. The van der Waals surface area contributed by atoms with Crippen LogP contribution in [0.5, 0.6) is 0 Å². The first-order chi connectivity index (χ1) is 8.39. The van der Waals surface area contributed by atoms with Gasteiger partial charge in [-0.2, -0.15) is 0 Å². The fourth-order valence-corrected chi connectivity index (χ4v) is 1.37. The normalized spacial score (nSPS) is 15.6. The summed E-state index contributed by atoms with van der Waals surface area (Å²) in [4.78, 5) is 11.1. The highest BCUT2D eigenvalue weighted by Gasteiger charge is 2.33. The predicted octanol–water partition coefficient (Wildman–Crippen LogP) is -2.00. The van der Waals surface area contributed by atoms with Crippen molar-refractivity contribution in [3.63, 3.8) is 0 Å². The highest BCUT2D eigenvalue weighted by molar-refractivity contribution is 5.91. The lowest BCUT2D eigenvalue weighted by Gasteiger charge is -2.33. The Bertz CT molecular complexity index is 434. The van der Waals surface area contributed by atoms with Crippen molar-refractivity contribution in [3.05, 3.63) is 22.8 Å². The molecule has 0 aromatic carbocycles. The first-order valence-electron chi connectivity index (χ1n) is 5.69. The molecule has 0 bridgehead atoms. The van der Waals surface area contributed by atoms with E-state index in [-0.39, 0.29) is 17.1 Å². The van der Waals surface area contributed by atoms with E-state index in [4.69, 9.17) is 34.5 Å². The Labute approximate surface area is 113 Å². The van der Waals surface area contributed by atoms with Gasteiger partial charge >= 0.3 is 0 Å². The minimum atomic E-state index is -0.933. The van der Waals surface area contributed by atoms with Crippen LogP contribution in [-0.4, -0.2) is 11.4 Å². The minimum Gasteiger partial charge on any atom is -0.400 e. The van der Waals surface area contributed by atoms with Crippen LogP contribution in [0, 0.1) is 5.41 Å². The van der Waals surface area contributed by atoms with Gasteiger partial charge in [0.15, 0.2) is 0 Å². The molecular weight excluding hydrogens is 246 g/mol. The maximum Gasteiger partial charge on any atom is 0.266 e. The van der Waals surface area contributed by atoms with Gasteiger partial charge < -0.3 is 28.7 Å². The molecule has 0 saturated heterocycles. The average Bonchev–Trinajstić information content (AvgIpc) is 2.34. The molecule has 0 spiro atoms. The Morgan fingerprint density at radius 2 is 1.26 bits per heavy atom. The van der Waals surface area contributed by atoms with Crippen molar-refractivity contribution < 1.29 is 4.79 Å². The van der Waals surface area contributed by atoms with Crippen LogP contribution in [0.15, 0.2) is 22.8 Å². The molecule has 0 rings (SSSR count). The molecule has 0 saturated carbocycles. The molecule has 110 valence electrons. The Kier molecular flexibility index (Phi) is 4.82. The fraction of sp³-hybridized carbons (Fsp3) is 0.545. The van der Waals surface area contributed by atoms with Gasteiger partial charge in [-0.3, -0.25) is 10.6 Å². The number of rotatable bonds is 5. The van der Waals surface area contributed by atoms with E-state index >= 15 is 0 Å². The molecule has 0 radical (unpaired) electrons. The molecule has 0 aromatic rings. The van der Waals surface area contributed by atoms with E-state index in [1.54, 1.807) is 27.7 Å². The Morgan fingerprint density at radius 1 is 0.842 bits per heavy atom. The zero-order valence-corrected chi connectivity index (χ0v) is 11.9. The smallest absolute Gasteiger partial charge is 0.266 e. The molecule has 1 amide bonds. The summed E-state index contributed by atoms with van der Waals surface area (Å²) < 4.78 is 0. The highest BCUT2D eigenvalue weighted by atomic mass is 16.1. The van der Waals surface area contributed by atoms with E-state index in [0.29, 0.717) is 5.70 Å². The fourth-order valence-electron chi connectivity index (χ4n) is 1.37. The van der Waals surface area contributed by atoms with Crippen LogP contribution in [-0.2, 0) is 4.79 Å². The van der Waals surface area contributed by atoms with E-state index in [2.05, 4.69) is 5.43 Å². The molecule has 0 aliphatic rings. The van der Waals surface area contributed by atoms with Gasteiger partial charge in [-0.05, 0) is 27.7 Å². The third-order valence-electron chi connectivity index (χ3n) is 3.23. The summed E-state index contributed by atoms with van der Waals surface area (Å²) in [5.41, 5.74) is 29.8. The van der Waals surface area contributed by atoms with Crippen molar-refractivity contribution in [3.8, 4) is 0 Å². The van der Waals surface area contributed by atoms with E-state index < -0.39 is 16.9 Å². The number of nitrogens with one attached hydrogen (secondary N) is 1. The number of hydrazine groups is 1. The Balaban J connectivity index is 5.88. The summed E-state index contributed by atoms with van der Waals surface area (Å²) in [6, 6.07) is 0. The van der Waals surface area contributed by atoms with Gasteiger partial charge in [0, 0.05) is 22.5 Å². The lowest BCUT2D eigenvalue weighted by Crippen LogP contribution is -2.50. The van der Waals surface area contributed by atoms with Gasteiger partial charge in [-0.15, -0.1) is 0 Å². The molecule has 0 atom stereocenters. The second kappa shape index (κ2) is 5.37. The topological polar surface area (TPSA) is 185 Å². The lowest BCUT2D eigenvalue weighted by atomic mass is 9.81. The van der Waals surface area contributed by atoms with Gasteiger partial charge in [0.25, 0.3) is 5.91 Å². The van der Waals surface area contributed by atoms with Crippen molar-refractivity contribution >= 4 is 5.91 Å². The molecule has 0 heterocycles. The molecule has 13 N–H and O–H groups in total. The number of hydrogen-bond donors (Lipinski definition) is 7. The molecule has 0 aromatic heterocycles. The first-order valence-corrected chi connectivity index (χ1v) is 5.69. The maximum absolute atomic E-state index is 11.1. The third kappa shape index (κ3) is 3.30. The second-order valence-corrected chi connectivity index (χ2v) is 5.41. The Morgan fingerprint density at radius 3 is 1.58 bits per heavy atom. The summed E-state index contributed by atoms with van der Waals surface area (Å²) in [7, 11) is 0. The minimum absolute atomic E-state index is 0.0632. The standard InChI is InChI=1S/C11H25N7O/c1-10(2,6(13)5(12)9(16)19)7(14)8(15)11(3,4)18-17/h18H,12-15,17H2,1-4H3,(H2,16,19)/b6-5+,8-7+. The zero-order chi connectivity index (χ0) is 15.6. The first kappa shape index (κ1) is 17.1. The SMILES string of the molecule is CC(C)(NN)/C(N)=C(\N)C(C)(C)/C(N)=C(\N)C(N)=O. The van der Waals surface area contributed by atoms with Gasteiger partial charge in [0.05, 0.1) is 5.54 Å². The highest BCUT2D eigenvalue weighted by Crippen LogP contribution is 2.32. The third-order valence-corrected chi connectivity index (χ3v) is 3.23. The monoisotopic (exact) mass is 271 g/mol. The molecule has 0 aliphatic heterocycles. The van der Waals surface area contributed by atoms with Crippen LogP contribution in [0.2, 0.25) is 0 Å². The van der Waals surface area contributed by atoms with Crippen molar-refractivity contribution in [1.82, 2.24) is 5.43 Å². The second-order valence-electron chi connectivity index (χ2n) is 5.41. The van der Waals surface area contributed by atoms with Gasteiger partial charge in [-0.25, -0.2) is 5.43 Å². The molecule has 0 aliphatic carbocycles. The van der Waals surface area contributed by atoms with Crippen molar-refractivity contribution in [1.29, 1.82) is 0 Å². The van der Waals surface area contributed by atoms with Crippen LogP contribution < -0.4 is 39.9 Å². The lowest BCUT2D eigenvalue weighted by molar-refractivity contribution is -0.114. The summed E-state index contributed by atoms with van der Waals surface area (Å²) in [5, 5.41) is 0. The van der Waals surface area contributed by atoms with Crippen LogP contribution in [0.3, 0.4) is 0 Å². The number of hydrogen-bond acceptors (Lipinski definition) is 7. The van der Waals surface area contributed by atoms with E-state index in [1.807, 2.05) is 0 Å². The van der Waals surface area contributed by atoms with Gasteiger partial charge in [0.2, 0.25) is 0 Å². The summed E-state index contributed by atoms with van der Waals surface area (Å²) in [5.74, 6) is 4.60. The van der Waals surface area contributed by atoms with E-state index in [1.165, 1.54) is 0 Å². The summed E-state index contributed by atoms with van der Waals surface area (Å²) >= 11 is 0. The molecule has 0 fully saturated rings. The van der Waals surface area contributed by atoms with Crippen molar-refractivity contribution in [2.75, 3.05) is 0 Å². The molecule has 8 nitrogen and oxygen atoms in total. The van der Waals surface area contributed by atoms with Gasteiger partial charge in [0.1, 0.15) is 5.70 Å². The quantitative estimate of drug-likeness (QED) is 0.171.